The summed E-state index contributed by atoms with van der Waals surface area (Å²) in [7, 11) is 0. The van der Waals surface area contributed by atoms with E-state index in [2.05, 4.69) is 31.5 Å². The third-order valence-electron chi connectivity index (χ3n) is 1.45. The molecule has 1 N–H and O–H groups in total. The molecule has 2 nitrogen and oxygen atoms in total. The van der Waals surface area contributed by atoms with Crippen molar-refractivity contribution in [3.8, 4) is 0 Å². The quantitative estimate of drug-likeness (QED) is 0.386. The van der Waals surface area contributed by atoms with Gasteiger partial charge in [0.2, 0.25) is 0 Å². The van der Waals surface area contributed by atoms with E-state index in [9.17, 15) is 0 Å². The summed E-state index contributed by atoms with van der Waals surface area (Å²) in [5, 5.41) is 8.55. The molecular weight excluding hydrogens is 182 g/mol. The molecular formula is C10H19NOS. The van der Waals surface area contributed by atoms with E-state index >= 15 is 0 Å². The molecule has 13 heavy (non-hydrogen) atoms. The van der Waals surface area contributed by atoms with Gasteiger partial charge in [0, 0.05) is 19.0 Å². The Hall–Kier alpha value is -0.280. The van der Waals surface area contributed by atoms with Crippen molar-refractivity contribution in [2.45, 2.75) is 33.1 Å². The number of hydrogen-bond donors (Lipinski definition) is 2. The number of nitrogens with zero attached hydrogens (tertiary/aromatic N) is 1. The van der Waals surface area contributed by atoms with Gasteiger partial charge in [0.15, 0.2) is 0 Å². The summed E-state index contributed by atoms with van der Waals surface area (Å²) in [5.41, 5.74) is 0. The fraction of sp³-hybridized carbons (Fsp3) is 0.700. The lowest BCUT2D eigenvalue weighted by Crippen LogP contribution is -1.86. The molecule has 0 atom stereocenters. The summed E-state index contributed by atoms with van der Waals surface area (Å²) in [6.45, 7) is 4.43. The zero-order valence-electron chi connectivity index (χ0n) is 8.40. The third-order valence-corrected chi connectivity index (χ3v) is 1.79. The van der Waals surface area contributed by atoms with E-state index < -0.39 is 0 Å². The Bertz CT molecular complexity index is 176. The van der Waals surface area contributed by atoms with Crippen LogP contribution in [0.3, 0.4) is 0 Å². The summed E-state index contributed by atoms with van der Waals surface area (Å²) < 4.78 is 0. The Labute approximate surface area is 86.2 Å². The van der Waals surface area contributed by atoms with Gasteiger partial charge in [-0.05, 0) is 30.1 Å². The van der Waals surface area contributed by atoms with Gasteiger partial charge in [-0.15, -0.1) is 12.6 Å². The molecule has 0 aromatic rings. The van der Waals surface area contributed by atoms with Crippen LogP contribution in [-0.2, 0) is 0 Å². The van der Waals surface area contributed by atoms with Gasteiger partial charge in [0.05, 0.1) is 0 Å². The van der Waals surface area contributed by atoms with Gasteiger partial charge in [-0.25, -0.2) is 0 Å². The molecule has 0 fully saturated rings. The molecule has 3 heteroatoms. The lowest BCUT2D eigenvalue weighted by atomic mass is 10.2. The number of hydrogen-bond acceptors (Lipinski definition) is 3. The molecule has 0 saturated carbocycles. The first kappa shape index (κ1) is 12.7. The molecule has 0 aromatic heterocycles. The van der Waals surface area contributed by atoms with Crippen molar-refractivity contribution in [1.29, 1.82) is 0 Å². The van der Waals surface area contributed by atoms with Crippen molar-refractivity contribution in [1.82, 2.24) is 0 Å². The van der Waals surface area contributed by atoms with Crippen LogP contribution in [0.2, 0.25) is 0 Å². The van der Waals surface area contributed by atoms with Crippen LogP contribution >= 0.6 is 12.6 Å². The molecule has 0 amide bonds. The number of thiol groups is 1. The monoisotopic (exact) mass is 201 g/mol. The first-order valence-electron chi connectivity index (χ1n) is 4.69. The fourth-order valence-corrected chi connectivity index (χ4v) is 1.01. The minimum atomic E-state index is 0.260. The van der Waals surface area contributed by atoms with Gasteiger partial charge in [-0.1, -0.05) is 13.8 Å². The first-order chi connectivity index (χ1) is 6.16. The van der Waals surface area contributed by atoms with Gasteiger partial charge in [0.1, 0.15) is 0 Å². The predicted octanol–water partition coefficient (Wildman–Crippen LogP) is 2.65. The van der Waals surface area contributed by atoms with E-state index in [1.54, 1.807) is 6.20 Å². The van der Waals surface area contributed by atoms with Crippen LogP contribution in [0.15, 0.2) is 16.1 Å². The molecule has 0 heterocycles. The van der Waals surface area contributed by atoms with Gasteiger partial charge in [0.25, 0.3) is 0 Å². The number of aliphatic hydroxyl groups excluding tert-OH is 1. The summed E-state index contributed by atoms with van der Waals surface area (Å²) in [5.74, 6) is 0.481. The van der Waals surface area contributed by atoms with Gasteiger partial charge in [-0.3, -0.25) is 4.99 Å². The number of rotatable bonds is 6. The second-order valence-corrected chi connectivity index (χ2v) is 3.92. The van der Waals surface area contributed by atoms with Gasteiger partial charge >= 0.3 is 0 Å². The molecule has 0 aliphatic carbocycles. The number of aliphatic imine (C=N–C) groups is 1. The van der Waals surface area contributed by atoms with Crippen molar-refractivity contribution in [2.75, 3.05) is 6.61 Å². The topological polar surface area (TPSA) is 32.6 Å². The van der Waals surface area contributed by atoms with Crippen LogP contribution < -0.4 is 0 Å². The Morgan fingerprint density at radius 1 is 1.46 bits per heavy atom. The van der Waals surface area contributed by atoms with E-state index in [0.29, 0.717) is 5.92 Å². The number of allylic oxidation sites excluding steroid dienone is 1. The van der Waals surface area contributed by atoms with E-state index in [-0.39, 0.29) is 6.61 Å². The predicted molar refractivity (Wildman–Crippen MR) is 61.3 cm³/mol. The van der Waals surface area contributed by atoms with Crippen molar-refractivity contribution in [3.63, 3.8) is 0 Å². The normalized spacial score (nSPS) is 13.2. The molecule has 0 aromatic carbocycles. The minimum Gasteiger partial charge on any atom is -0.396 e. The zero-order chi connectivity index (χ0) is 10.1. The number of aliphatic hydroxyl groups is 1. The van der Waals surface area contributed by atoms with Crippen molar-refractivity contribution < 1.29 is 5.11 Å². The van der Waals surface area contributed by atoms with Crippen LogP contribution in [0.1, 0.15) is 33.1 Å². The molecule has 0 aliphatic heterocycles. The largest absolute Gasteiger partial charge is 0.396 e. The Morgan fingerprint density at radius 2 is 2.15 bits per heavy atom. The minimum absolute atomic E-state index is 0.260. The summed E-state index contributed by atoms with van der Waals surface area (Å²) in [6.07, 6.45) is 6.39. The maximum absolute atomic E-state index is 8.55. The van der Waals surface area contributed by atoms with Gasteiger partial charge in [-0.2, -0.15) is 0 Å². The average Bonchev–Trinajstić information content (AvgIpc) is 2.04. The van der Waals surface area contributed by atoms with E-state index in [1.807, 2.05) is 6.21 Å². The number of unbranched alkanes of at least 4 members (excludes halogenated alkanes) is 1. The molecule has 0 radical (unpaired) electrons. The molecule has 0 spiro atoms. The standard InChI is InChI=1S/C10H19NOS/c1-9(2)7-11-8-10(13)5-3-4-6-12/h7-9,12-13H,3-6H2,1-2H3/b10-8-,11-7?. The SMILES string of the molecule is CC(C)C=N/C=C(\S)CCCCO. The summed E-state index contributed by atoms with van der Waals surface area (Å²) in [4.78, 5) is 5.10. The Balaban J connectivity index is 3.62. The van der Waals surface area contributed by atoms with Crippen LogP contribution in [0.4, 0.5) is 0 Å². The highest BCUT2D eigenvalue weighted by Crippen LogP contribution is 2.10. The second-order valence-electron chi connectivity index (χ2n) is 3.34. The molecule has 0 aliphatic rings. The molecule has 0 unspecified atom stereocenters. The van der Waals surface area contributed by atoms with Crippen molar-refractivity contribution in [3.05, 3.63) is 11.1 Å². The highest BCUT2D eigenvalue weighted by atomic mass is 32.1. The average molecular weight is 201 g/mol. The first-order valence-corrected chi connectivity index (χ1v) is 5.13. The van der Waals surface area contributed by atoms with Gasteiger partial charge < -0.3 is 5.11 Å². The second kappa shape index (κ2) is 8.32. The molecule has 0 rings (SSSR count). The molecule has 76 valence electrons. The van der Waals surface area contributed by atoms with Crippen LogP contribution in [0.25, 0.3) is 0 Å². The smallest absolute Gasteiger partial charge is 0.0431 e. The molecule has 0 bridgehead atoms. The van der Waals surface area contributed by atoms with Crippen LogP contribution in [-0.4, -0.2) is 17.9 Å². The fourth-order valence-electron chi connectivity index (χ4n) is 0.784. The van der Waals surface area contributed by atoms with E-state index in [4.69, 9.17) is 5.11 Å². The zero-order valence-corrected chi connectivity index (χ0v) is 9.30. The molecule has 0 saturated heterocycles. The Kier molecular flexibility index (Phi) is 8.14. The maximum atomic E-state index is 8.55. The lowest BCUT2D eigenvalue weighted by molar-refractivity contribution is 0.285. The maximum Gasteiger partial charge on any atom is 0.0431 e. The van der Waals surface area contributed by atoms with E-state index in [0.717, 1.165) is 24.2 Å². The lowest BCUT2D eigenvalue weighted by Gasteiger charge is -1.97. The van der Waals surface area contributed by atoms with Crippen molar-refractivity contribution in [2.24, 2.45) is 10.9 Å². The van der Waals surface area contributed by atoms with E-state index in [1.165, 1.54) is 0 Å². The third kappa shape index (κ3) is 9.64. The highest BCUT2D eigenvalue weighted by molar-refractivity contribution is 7.84. The summed E-state index contributed by atoms with van der Waals surface area (Å²) >= 11 is 4.27. The van der Waals surface area contributed by atoms with Crippen LogP contribution in [0, 0.1) is 5.92 Å². The Morgan fingerprint density at radius 3 is 2.69 bits per heavy atom. The summed E-state index contributed by atoms with van der Waals surface area (Å²) in [6, 6.07) is 0. The van der Waals surface area contributed by atoms with Crippen molar-refractivity contribution >= 4 is 18.8 Å². The highest BCUT2D eigenvalue weighted by Gasteiger charge is 1.90. The van der Waals surface area contributed by atoms with Crippen LogP contribution in [0.5, 0.6) is 0 Å².